The standard InChI is InChI=1S/C10H17NO3/c12-9(13)14-8-6-10(7-11-8)4-2-1-3-5-10/h8,11H,1-7H2,(H,12,13). The fraction of sp³-hybridized carbons (Fsp3) is 0.900. The number of hydrogen-bond acceptors (Lipinski definition) is 3. The van der Waals surface area contributed by atoms with E-state index in [0.717, 1.165) is 13.0 Å². The van der Waals surface area contributed by atoms with Crippen LogP contribution < -0.4 is 5.32 Å². The van der Waals surface area contributed by atoms with Crippen molar-refractivity contribution in [1.82, 2.24) is 5.32 Å². The van der Waals surface area contributed by atoms with Crippen LogP contribution in [0.4, 0.5) is 4.79 Å². The van der Waals surface area contributed by atoms with Crippen molar-refractivity contribution in [3.8, 4) is 0 Å². The Bertz CT molecular complexity index is 223. The van der Waals surface area contributed by atoms with E-state index in [1.807, 2.05) is 0 Å². The first-order valence-corrected chi connectivity index (χ1v) is 5.33. The van der Waals surface area contributed by atoms with Crippen molar-refractivity contribution in [3.63, 3.8) is 0 Å². The first kappa shape index (κ1) is 9.77. The van der Waals surface area contributed by atoms with E-state index in [4.69, 9.17) is 9.84 Å². The Labute approximate surface area is 83.6 Å². The zero-order valence-electron chi connectivity index (χ0n) is 8.29. The summed E-state index contributed by atoms with van der Waals surface area (Å²) in [5, 5.41) is 11.6. The minimum absolute atomic E-state index is 0.273. The highest BCUT2D eigenvalue weighted by Gasteiger charge is 2.40. The van der Waals surface area contributed by atoms with E-state index in [0.29, 0.717) is 5.41 Å². The van der Waals surface area contributed by atoms with Crippen LogP contribution in [0.5, 0.6) is 0 Å². The molecule has 4 heteroatoms. The predicted octanol–water partition coefficient (Wildman–Crippen LogP) is 1.95. The molecule has 2 rings (SSSR count). The maximum Gasteiger partial charge on any atom is 0.507 e. The summed E-state index contributed by atoms with van der Waals surface area (Å²) in [5.41, 5.74) is 0.332. The lowest BCUT2D eigenvalue weighted by atomic mass is 9.73. The Morgan fingerprint density at radius 2 is 2.07 bits per heavy atom. The van der Waals surface area contributed by atoms with Crippen molar-refractivity contribution in [2.45, 2.75) is 44.8 Å². The van der Waals surface area contributed by atoms with Gasteiger partial charge in [-0.05, 0) is 18.3 Å². The Hall–Kier alpha value is -0.770. The molecule has 1 saturated carbocycles. The molecule has 0 aromatic carbocycles. The van der Waals surface area contributed by atoms with Crippen LogP contribution in [-0.2, 0) is 4.74 Å². The summed E-state index contributed by atoms with van der Waals surface area (Å²) in [6.45, 7) is 0.922. The average molecular weight is 199 g/mol. The van der Waals surface area contributed by atoms with Gasteiger partial charge in [0.2, 0.25) is 0 Å². The van der Waals surface area contributed by atoms with E-state index >= 15 is 0 Å². The molecule has 1 atom stereocenters. The van der Waals surface area contributed by atoms with Gasteiger partial charge in [0, 0.05) is 13.0 Å². The molecular formula is C10H17NO3. The van der Waals surface area contributed by atoms with Crippen LogP contribution in [0.2, 0.25) is 0 Å². The Morgan fingerprint density at radius 3 is 2.71 bits per heavy atom. The second-order valence-corrected chi connectivity index (χ2v) is 4.52. The average Bonchev–Trinajstić information content (AvgIpc) is 2.49. The molecule has 1 unspecified atom stereocenters. The fourth-order valence-electron chi connectivity index (χ4n) is 2.76. The normalized spacial score (nSPS) is 30.4. The first-order chi connectivity index (χ1) is 6.70. The topological polar surface area (TPSA) is 58.6 Å². The zero-order chi connectivity index (χ0) is 10.0. The number of hydrogen-bond donors (Lipinski definition) is 2. The van der Waals surface area contributed by atoms with Crippen molar-refractivity contribution in [3.05, 3.63) is 0 Å². The molecule has 0 radical (unpaired) electrons. The largest absolute Gasteiger partial charge is 0.507 e. The molecule has 0 aromatic heterocycles. The second-order valence-electron chi connectivity index (χ2n) is 4.52. The molecule has 1 aliphatic carbocycles. The highest BCUT2D eigenvalue weighted by Crippen LogP contribution is 2.42. The Morgan fingerprint density at radius 1 is 1.36 bits per heavy atom. The van der Waals surface area contributed by atoms with E-state index in [-0.39, 0.29) is 6.23 Å². The summed E-state index contributed by atoms with van der Waals surface area (Å²) in [6.07, 6.45) is 5.74. The van der Waals surface area contributed by atoms with Gasteiger partial charge in [-0.2, -0.15) is 0 Å². The smallest absolute Gasteiger partial charge is 0.450 e. The second kappa shape index (κ2) is 3.77. The third-order valence-corrected chi connectivity index (χ3v) is 3.48. The minimum Gasteiger partial charge on any atom is -0.450 e. The molecule has 1 aliphatic heterocycles. The van der Waals surface area contributed by atoms with Gasteiger partial charge in [0.25, 0.3) is 0 Å². The summed E-state index contributed by atoms with van der Waals surface area (Å²) < 4.78 is 4.74. The molecule has 1 spiro atoms. The summed E-state index contributed by atoms with van der Waals surface area (Å²) in [4.78, 5) is 10.4. The van der Waals surface area contributed by atoms with E-state index < -0.39 is 6.16 Å². The zero-order valence-corrected chi connectivity index (χ0v) is 8.29. The lowest BCUT2D eigenvalue weighted by Crippen LogP contribution is -2.27. The van der Waals surface area contributed by atoms with Gasteiger partial charge in [0.1, 0.15) is 0 Å². The molecule has 0 amide bonds. The molecule has 1 heterocycles. The monoisotopic (exact) mass is 199 g/mol. The van der Waals surface area contributed by atoms with Crippen LogP contribution in [0.3, 0.4) is 0 Å². The first-order valence-electron chi connectivity index (χ1n) is 5.33. The highest BCUT2D eigenvalue weighted by molar-refractivity contribution is 5.57. The maximum absolute atomic E-state index is 10.4. The van der Waals surface area contributed by atoms with Gasteiger partial charge in [-0.15, -0.1) is 0 Å². The van der Waals surface area contributed by atoms with Gasteiger partial charge in [-0.3, -0.25) is 5.32 Å². The summed E-state index contributed by atoms with van der Waals surface area (Å²) >= 11 is 0. The quantitative estimate of drug-likeness (QED) is 0.634. The molecule has 1 saturated heterocycles. The van der Waals surface area contributed by atoms with Crippen LogP contribution in [0, 0.1) is 5.41 Å². The van der Waals surface area contributed by atoms with E-state index in [9.17, 15) is 4.79 Å². The third kappa shape index (κ3) is 2.00. The van der Waals surface area contributed by atoms with Crippen LogP contribution in [0.25, 0.3) is 0 Å². The van der Waals surface area contributed by atoms with Crippen molar-refractivity contribution in [1.29, 1.82) is 0 Å². The Kier molecular flexibility index (Phi) is 2.63. The van der Waals surface area contributed by atoms with E-state index in [1.165, 1.54) is 32.1 Å². The van der Waals surface area contributed by atoms with Crippen LogP contribution in [-0.4, -0.2) is 24.0 Å². The van der Waals surface area contributed by atoms with Gasteiger partial charge in [0.05, 0.1) is 0 Å². The molecule has 80 valence electrons. The molecule has 0 bridgehead atoms. The molecule has 2 N–H and O–H groups in total. The number of carboxylic acid groups (broad SMARTS) is 1. The highest BCUT2D eigenvalue weighted by atomic mass is 16.7. The fourth-order valence-corrected chi connectivity index (χ4v) is 2.76. The number of nitrogens with one attached hydrogen (secondary N) is 1. The van der Waals surface area contributed by atoms with Gasteiger partial charge in [0.15, 0.2) is 6.23 Å². The molecule has 2 fully saturated rings. The molecule has 4 nitrogen and oxygen atoms in total. The van der Waals surface area contributed by atoms with Gasteiger partial charge in [-0.25, -0.2) is 4.79 Å². The predicted molar refractivity (Wildman–Crippen MR) is 51.0 cm³/mol. The van der Waals surface area contributed by atoms with Gasteiger partial charge >= 0.3 is 6.16 Å². The summed E-state index contributed by atoms with van der Waals surface area (Å²) in [5.74, 6) is 0. The number of ether oxygens (including phenoxy) is 1. The molecule has 2 aliphatic rings. The maximum atomic E-state index is 10.4. The lowest BCUT2D eigenvalue weighted by Gasteiger charge is -2.32. The summed E-state index contributed by atoms with van der Waals surface area (Å²) in [6, 6.07) is 0. The Balaban J connectivity index is 1.89. The lowest BCUT2D eigenvalue weighted by molar-refractivity contribution is 0.0386. The van der Waals surface area contributed by atoms with Crippen LogP contribution in [0.1, 0.15) is 38.5 Å². The van der Waals surface area contributed by atoms with Crippen molar-refractivity contribution < 1.29 is 14.6 Å². The molecule has 14 heavy (non-hydrogen) atoms. The van der Waals surface area contributed by atoms with Crippen LogP contribution in [0.15, 0.2) is 0 Å². The molecule has 0 aromatic rings. The van der Waals surface area contributed by atoms with E-state index in [1.54, 1.807) is 0 Å². The SMILES string of the molecule is O=C(O)OC1CC2(CCCCC2)CN1. The minimum atomic E-state index is -1.17. The van der Waals surface area contributed by atoms with Crippen molar-refractivity contribution in [2.24, 2.45) is 5.41 Å². The van der Waals surface area contributed by atoms with Crippen molar-refractivity contribution >= 4 is 6.16 Å². The van der Waals surface area contributed by atoms with E-state index in [2.05, 4.69) is 5.32 Å². The third-order valence-electron chi connectivity index (χ3n) is 3.48. The molecular weight excluding hydrogens is 182 g/mol. The summed E-state index contributed by atoms with van der Waals surface area (Å²) in [7, 11) is 0. The van der Waals surface area contributed by atoms with Crippen molar-refractivity contribution in [2.75, 3.05) is 6.54 Å². The van der Waals surface area contributed by atoms with Gasteiger partial charge < -0.3 is 9.84 Å². The number of rotatable bonds is 1. The number of carbonyl (C=O) groups is 1. The van der Waals surface area contributed by atoms with Crippen LogP contribution >= 0.6 is 0 Å². The van der Waals surface area contributed by atoms with Gasteiger partial charge in [-0.1, -0.05) is 19.3 Å².